The maximum atomic E-state index is 5.62. The van der Waals surface area contributed by atoms with E-state index in [4.69, 9.17) is 4.42 Å². The molecule has 0 radical (unpaired) electrons. The molecule has 0 aliphatic heterocycles. The van der Waals surface area contributed by atoms with Gasteiger partial charge in [0.05, 0.1) is 6.54 Å². The normalized spacial score (nSPS) is 12.4. The summed E-state index contributed by atoms with van der Waals surface area (Å²) in [5, 5.41) is 3.25. The van der Waals surface area contributed by atoms with E-state index in [-0.39, 0.29) is 6.04 Å². The average Bonchev–Trinajstić information content (AvgIpc) is 2.83. The van der Waals surface area contributed by atoms with E-state index in [1.807, 2.05) is 45.4 Å². The second-order valence-corrected chi connectivity index (χ2v) is 4.80. The van der Waals surface area contributed by atoms with Crippen LogP contribution in [0.1, 0.15) is 30.0 Å². The molecule has 4 heteroatoms. The molecular weight excluding hydrogens is 238 g/mol. The van der Waals surface area contributed by atoms with E-state index >= 15 is 0 Å². The van der Waals surface area contributed by atoms with Crippen molar-refractivity contribution in [2.45, 2.75) is 26.4 Å². The number of hydrogen-bond acceptors (Lipinski definition) is 4. The third-order valence-electron chi connectivity index (χ3n) is 3.27. The lowest BCUT2D eigenvalue weighted by Crippen LogP contribution is -2.22. The standard InChI is InChI=1S/C15H21N3O/c1-11-7-8-13(19-11)10-18(4)15-14(12(2)16-3)6-5-9-17-15/h5-9,12,16H,10H2,1-4H3. The van der Waals surface area contributed by atoms with E-state index in [2.05, 4.69) is 28.2 Å². The zero-order valence-corrected chi connectivity index (χ0v) is 12.0. The second kappa shape index (κ2) is 5.89. The zero-order chi connectivity index (χ0) is 13.8. The van der Waals surface area contributed by atoms with Crippen molar-refractivity contribution in [3.05, 3.63) is 47.5 Å². The number of aryl methyl sites for hydroxylation is 1. The van der Waals surface area contributed by atoms with E-state index in [1.54, 1.807) is 0 Å². The van der Waals surface area contributed by atoms with E-state index in [9.17, 15) is 0 Å². The summed E-state index contributed by atoms with van der Waals surface area (Å²) >= 11 is 0. The third kappa shape index (κ3) is 3.15. The maximum absolute atomic E-state index is 5.62. The van der Waals surface area contributed by atoms with Crippen molar-refractivity contribution in [2.24, 2.45) is 0 Å². The summed E-state index contributed by atoms with van der Waals surface area (Å²) in [7, 11) is 3.99. The summed E-state index contributed by atoms with van der Waals surface area (Å²) in [6.07, 6.45) is 1.82. The van der Waals surface area contributed by atoms with Crippen LogP contribution in [-0.4, -0.2) is 19.1 Å². The lowest BCUT2D eigenvalue weighted by Gasteiger charge is -2.22. The summed E-state index contributed by atoms with van der Waals surface area (Å²) in [6.45, 7) is 4.80. The molecule has 2 aromatic heterocycles. The molecule has 0 amide bonds. The molecule has 0 fully saturated rings. The Morgan fingerprint density at radius 1 is 1.37 bits per heavy atom. The van der Waals surface area contributed by atoms with E-state index < -0.39 is 0 Å². The van der Waals surface area contributed by atoms with Crippen LogP contribution >= 0.6 is 0 Å². The van der Waals surface area contributed by atoms with Gasteiger partial charge in [-0.15, -0.1) is 0 Å². The molecule has 0 spiro atoms. The molecule has 0 aliphatic carbocycles. The lowest BCUT2D eigenvalue weighted by molar-refractivity contribution is 0.480. The van der Waals surface area contributed by atoms with Crippen molar-refractivity contribution in [3.63, 3.8) is 0 Å². The number of furan rings is 1. The van der Waals surface area contributed by atoms with Crippen LogP contribution in [-0.2, 0) is 6.54 Å². The lowest BCUT2D eigenvalue weighted by atomic mass is 10.1. The zero-order valence-electron chi connectivity index (χ0n) is 12.0. The van der Waals surface area contributed by atoms with Gasteiger partial charge in [-0.05, 0) is 39.1 Å². The highest BCUT2D eigenvalue weighted by atomic mass is 16.3. The molecule has 1 unspecified atom stereocenters. The van der Waals surface area contributed by atoms with Crippen molar-refractivity contribution in [2.75, 3.05) is 19.0 Å². The minimum atomic E-state index is 0.268. The summed E-state index contributed by atoms with van der Waals surface area (Å²) in [5.41, 5.74) is 1.19. The Hall–Kier alpha value is -1.81. The smallest absolute Gasteiger partial charge is 0.133 e. The first kappa shape index (κ1) is 13.6. The van der Waals surface area contributed by atoms with E-state index in [1.165, 1.54) is 5.56 Å². The number of anilines is 1. The van der Waals surface area contributed by atoms with Crippen LogP contribution in [0, 0.1) is 6.92 Å². The predicted octanol–water partition coefficient (Wildman–Crippen LogP) is 2.90. The van der Waals surface area contributed by atoms with Gasteiger partial charge < -0.3 is 14.6 Å². The Balaban J connectivity index is 2.21. The first-order chi connectivity index (χ1) is 9.11. The molecular formula is C15H21N3O. The average molecular weight is 259 g/mol. The molecule has 1 N–H and O–H groups in total. The first-order valence-corrected chi connectivity index (χ1v) is 6.50. The molecule has 19 heavy (non-hydrogen) atoms. The summed E-state index contributed by atoms with van der Waals surface area (Å²) in [5.74, 6) is 2.88. The molecule has 4 nitrogen and oxygen atoms in total. The van der Waals surface area contributed by atoms with Crippen molar-refractivity contribution in [3.8, 4) is 0 Å². The number of nitrogens with one attached hydrogen (secondary N) is 1. The van der Waals surface area contributed by atoms with Crippen LogP contribution in [0.2, 0.25) is 0 Å². The minimum Gasteiger partial charge on any atom is -0.464 e. The molecule has 2 heterocycles. The molecule has 2 rings (SSSR count). The van der Waals surface area contributed by atoms with Crippen molar-refractivity contribution in [1.82, 2.24) is 10.3 Å². The van der Waals surface area contributed by atoms with E-state index in [0.29, 0.717) is 6.54 Å². The minimum absolute atomic E-state index is 0.268. The van der Waals surface area contributed by atoms with Gasteiger partial charge in [0.2, 0.25) is 0 Å². The Labute approximate surface area is 114 Å². The van der Waals surface area contributed by atoms with E-state index in [0.717, 1.165) is 17.3 Å². The van der Waals surface area contributed by atoms with Gasteiger partial charge in [-0.2, -0.15) is 0 Å². The van der Waals surface area contributed by atoms with Crippen LogP contribution in [0.3, 0.4) is 0 Å². The van der Waals surface area contributed by atoms with Gasteiger partial charge >= 0.3 is 0 Å². The molecule has 1 atom stereocenters. The van der Waals surface area contributed by atoms with Crippen molar-refractivity contribution in [1.29, 1.82) is 0 Å². The fourth-order valence-electron chi connectivity index (χ4n) is 2.10. The molecule has 0 saturated heterocycles. The third-order valence-corrected chi connectivity index (χ3v) is 3.27. The van der Waals surface area contributed by atoms with Gasteiger partial charge in [0, 0.05) is 24.8 Å². The molecule has 0 aliphatic rings. The first-order valence-electron chi connectivity index (χ1n) is 6.50. The number of aromatic nitrogens is 1. The molecule has 0 bridgehead atoms. The number of rotatable bonds is 5. The Morgan fingerprint density at radius 2 is 2.16 bits per heavy atom. The predicted molar refractivity (Wildman–Crippen MR) is 77.3 cm³/mol. The van der Waals surface area contributed by atoms with Gasteiger partial charge in [-0.25, -0.2) is 4.98 Å². The fraction of sp³-hybridized carbons (Fsp3) is 0.400. The van der Waals surface area contributed by atoms with Crippen LogP contribution < -0.4 is 10.2 Å². The Kier molecular flexibility index (Phi) is 4.22. The number of nitrogens with zero attached hydrogens (tertiary/aromatic N) is 2. The molecule has 102 valence electrons. The topological polar surface area (TPSA) is 41.3 Å². The van der Waals surface area contributed by atoms with Crippen LogP contribution in [0.5, 0.6) is 0 Å². The van der Waals surface area contributed by atoms with Gasteiger partial charge in [-0.1, -0.05) is 6.07 Å². The Morgan fingerprint density at radius 3 is 2.79 bits per heavy atom. The van der Waals surface area contributed by atoms with Crippen LogP contribution in [0.25, 0.3) is 0 Å². The van der Waals surface area contributed by atoms with Gasteiger partial charge in [0.25, 0.3) is 0 Å². The van der Waals surface area contributed by atoms with Crippen molar-refractivity contribution >= 4 is 5.82 Å². The molecule has 2 aromatic rings. The fourth-order valence-corrected chi connectivity index (χ4v) is 2.10. The molecule has 0 saturated carbocycles. The summed E-state index contributed by atoms with van der Waals surface area (Å²) in [4.78, 5) is 6.61. The van der Waals surface area contributed by atoms with Crippen LogP contribution in [0.4, 0.5) is 5.82 Å². The number of hydrogen-bond donors (Lipinski definition) is 1. The quantitative estimate of drug-likeness (QED) is 0.896. The SMILES string of the molecule is CNC(C)c1cccnc1N(C)Cc1ccc(C)o1. The Bertz CT molecular complexity index is 536. The van der Waals surface area contributed by atoms with Gasteiger partial charge in [0.15, 0.2) is 0 Å². The highest BCUT2D eigenvalue weighted by Gasteiger charge is 2.14. The van der Waals surface area contributed by atoms with Gasteiger partial charge in [0.1, 0.15) is 17.3 Å². The van der Waals surface area contributed by atoms with Crippen LogP contribution in [0.15, 0.2) is 34.9 Å². The monoisotopic (exact) mass is 259 g/mol. The highest BCUT2D eigenvalue weighted by Crippen LogP contribution is 2.24. The maximum Gasteiger partial charge on any atom is 0.133 e. The largest absolute Gasteiger partial charge is 0.464 e. The molecule has 0 aromatic carbocycles. The highest BCUT2D eigenvalue weighted by molar-refractivity contribution is 5.47. The summed E-state index contributed by atoms with van der Waals surface area (Å²) in [6, 6.07) is 8.34. The summed E-state index contributed by atoms with van der Waals surface area (Å²) < 4.78 is 5.62. The van der Waals surface area contributed by atoms with Crippen molar-refractivity contribution < 1.29 is 4.42 Å². The number of pyridine rings is 1. The second-order valence-electron chi connectivity index (χ2n) is 4.80. The van der Waals surface area contributed by atoms with Gasteiger partial charge in [-0.3, -0.25) is 0 Å².